The first-order chi connectivity index (χ1) is 10.2. The Morgan fingerprint density at radius 3 is 2.90 bits per heavy atom. The number of benzene rings is 1. The van der Waals surface area contributed by atoms with Crippen molar-refractivity contribution >= 4 is 5.82 Å². The molecule has 0 atom stereocenters. The maximum Gasteiger partial charge on any atom is 0.166 e. The molecule has 1 aromatic carbocycles. The van der Waals surface area contributed by atoms with Crippen molar-refractivity contribution in [1.82, 2.24) is 4.98 Å². The normalized spacial score (nSPS) is 15.1. The Balaban J connectivity index is 1.80. The molecule has 5 heteroatoms. The third kappa shape index (κ3) is 2.74. The van der Waals surface area contributed by atoms with Gasteiger partial charge in [-0.15, -0.1) is 0 Å². The van der Waals surface area contributed by atoms with Gasteiger partial charge in [0, 0.05) is 43.1 Å². The predicted octanol–water partition coefficient (Wildman–Crippen LogP) is 3.05. The molecule has 109 valence electrons. The van der Waals surface area contributed by atoms with E-state index < -0.39 is 11.6 Å². The van der Waals surface area contributed by atoms with E-state index in [0.717, 1.165) is 0 Å². The summed E-state index contributed by atoms with van der Waals surface area (Å²) < 4.78 is 33.3. The second kappa shape index (κ2) is 5.77. The summed E-state index contributed by atoms with van der Waals surface area (Å²) >= 11 is 0. The molecule has 1 saturated heterocycles. The summed E-state index contributed by atoms with van der Waals surface area (Å²) in [5, 5.41) is 0. The number of anilines is 1. The van der Waals surface area contributed by atoms with Gasteiger partial charge in [0.1, 0.15) is 5.82 Å². The highest BCUT2D eigenvalue weighted by molar-refractivity contribution is 5.65. The molecule has 2 heterocycles. The van der Waals surface area contributed by atoms with Crippen LogP contribution in [-0.2, 0) is 4.74 Å². The highest BCUT2D eigenvalue weighted by Crippen LogP contribution is 2.28. The smallest absolute Gasteiger partial charge is 0.166 e. The molecule has 2 aromatic rings. The van der Waals surface area contributed by atoms with Gasteiger partial charge in [-0.25, -0.2) is 13.8 Å². The van der Waals surface area contributed by atoms with Crippen LogP contribution in [0.15, 0.2) is 30.5 Å². The number of hydrogen-bond donors (Lipinski definition) is 0. The molecule has 0 unspecified atom stereocenters. The van der Waals surface area contributed by atoms with E-state index in [-0.39, 0.29) is 11.9 Å². The average molecular weight is 289 g/mol. The zero-order chi connectivity index (χ0) is 14.8. The second-order valence-corrected chi connectivity index (χ2v) is 4.91. The summed E-state index contributed by atoms with van der Waals surface area (Å²) in [6.45, 7) is 3.84. The lowest BCUT2D eigenvalue weighted by Gasteiger charge is -2.39. The van der Waals surface area contributed by atoms with E-state index in [4.69, 9.17) is 4.74 Å². The molecule has 0 aliphatic carbocycles. The molecule has 1 aliphatic rings. The molecule has 3 rings (SSSR count). The molecule has 1 radical (unpaired) electrons. The first-order valence-corrected chi connectivity index (χ1v) is 6.87. The minimum absolute atomic E-state index is 0.136. The lowest BCUT2D eigenvalue weighted by Crippen LogP contribution is -2.53. The minimum Gasteiger partial charge on any atom is -0.375 e. The van der Waals surface area contributed by atoms with Crippen molar-refractivity contribution in [3.05, 3.63) is 48.2 Å². The van der Waals surface area contributed by atoms with Crippen molar-refractivity contribution in [2.75, 3.05) is 24.6 Å². The van der Waals surface area contributed by atoms with Crippen LogP contribution >= 0.6 is 0 Å². The average Bonchev–Trinajstić information content (AvgIpc) is 2.44. The van der Waals surface area contributed by atoms with Crippen LogP contribution < -0.4 is 4.90 Å². The molecule has 0 bridgehead atoms. The molecule has 1 aromatic heterocycles. The molecule has 21 heavy (non-hydrogen) atoms. The van der Waals surface area contributed by atoms with E-state index in [9.17, 15) is 8.78 Å². The van der Waals surface area contributed by atoms with Crippen molar-refractivity contribution < 1.29 is 13.5 Å². The summed E-state index contributed by atoms with van der Waals surface area (Å²) in [7, 11) is 0. The maximum atomic E-state index is 14.2. The number of aromatic nitrogens is 1. The third-order valence-electron chi connectivity index (χ3n) is 3.49. The van der Waals surface area contributed by atoms with Gasteiger partial charge in [0.15, 0.2) is 11.6 Å². The van der Waals surface area contributed by atoms with Gasteiger partial charge < -0.3 is 9.64 Å². The monoisotopic (exact) mass is 289 g/mol. The van der Waals surface area contributed by atoms with Gasteiger partial charge in [0.05, 0.1) is 6.10 Å². The number of halogens is 2. The number of pyridine rings is 1. The quantitative estimate of drug-likeness (QED) is 0.865. The highest BCUT2D eigenvalue weighted by atomic mass is 19.1. The SMILES string of the molecule is CCOC1CN(c2ncc(-c3ccc[c]c3F)cc2F)C1. The van der Waals surface area contributed by atoms with E-state index in [2.05, 4.69) is 11.1 Å². The summed E-state index contributed by atoms with van der Waals surface area (Å²) in [6.07, 6.45) is 1.62. The largest absolute Gasteiger partial charge is 0.375 e. The topological polar surface area (TPSA) is 25.4 Å². The van der Waals surface area contributed by atoms with E-state index in [1.807, 2.05) is 11.8 Å². The van der Waals surface area contributed by atoms with Gasteiger partial charge in [-0.2, -0.15) is 0 Å². The molecular weight excluding hydrogens is 274 g/mol. The van der Waals surface area contributed by atoms with Crippen molar-refractivity contribution in [3.8, 4) is 11.1 Å². The standard InChI is InChI=1S/C16H15F2N2O/c1-2-21-12-9-20(10-12)16-15(18)7-11(8-19-16)13-5-3-4-6-14(13)17/h3-5,7-8,12H,2,9-10H2,1H3. The Kier molecular flexibility index (Phi) is 3.84. The van der Waals surface area contributed by atoms with Gasteiger partial charge in [-0.1, -0.05) is 18.2 Å². The molecular formula is C16H15F2N2O. The first kappa shape index (κ1) is 13.9. The summed E-state index contributed by atoms with van der Waals surface area (Å²) in [5.74, 6) is -0.674. The van der Waals surface area contributed by atoms with Crippen LogP contribution in [0, 0.1) is 17.7 Å². The summed E-state index contributed by atoms with van der Waals surface area (Å²) in [5.41, 5.74) is 0.707. The summed E-state index contributed by atoms with van der Waals surface area (Å²) in [4.78, 5) is 5.94. The number of rotatable bonds is 4. The second-order valence-electron chi connectivity index (χ2n) is 4.91. The van der Waals surface area contributed by atoms with E-state index in [0.29, 0.717) is 30.8 Å². The Labute approximate surface area is 122 Å². The third-order valence-corrected chi connectivity index (χ3v) is 3.49. The van der Waals surface area contributed by atoms with Gasteiger partial charge in [0.2, 0.25) is 0 Å². The van der Waals surface area contributed by atoms with Crippen LogP contribution in [0.2, 0.25) is 0 Å². The van der Waals surface area contributed by atoms with Crippen LogP contribution in [0.25, 0.3) is 11.1 Å². The van der Waals surface area contributed by atoms with Crippen LogP contribution in [0.5, 0.6) is 0 Å². The molecule has 0 amide bonds. The van der Waals surface area contributed by atoms with Crippen molar-refractivity contribution in [3.63, 3.8) is 0 Å². The van der Waals surface area contributed by atoms with E-state index in [1.165, 1.54) is 18.3 Å². The van der Waals surface area contributed by atoms with Crippen molar-refractivity contribution in [1.29, 1.82) is 0 Å². The Morgan fingerprint density at radius 2 is 2.24 bits per heavy atom. The number of ether oxygens (including phenoxy) is 1. The predicted molar refractivity (Wildman–Crippen MR) is 76.1 cm³/mol. The molecule has 3 nitrogen and oxygen atoms in total. The lowest BCUT2D eigenvalue weighted by atomic mass is 10.1. The number of nitrogens with zero attached hydrogens (tertiary/aromatic N) is 2. The maximum absolute atomic E-state index is 14.2. The Morgan fingerprint density at radius 1 is 1.43 bits per heavy atom. The fourth-order valence-corrected chi connectivity index (χ4v) is 2.40. The highest BCUT2D eigenvalue weighted by Gasteiger charge is 2.30. The van der Waals surface area contributed by atoms with E-state index in [1.54, 1.807) is 12.1 Å². The Hall–Kier alpha value is -2.01. The van der Waals surface area contributed by atoms with Gasteiger partial charge >= 0.3 is 0 Å². The number of hydrogen-bond acceptors (Lipinski definition) is 3. The fourth-order valence-electron chi connectivity index (χ4n) is 2.40. The Bertz CT molecular complexity index is 642. The zero-order valence-corrected chi connectivity index (χ0v) is 11.6. The van der Waals surface area contributed by atoms with Crippen LogP contribution in [0.1, 0.15) is 6.92 Å². The van der Waals surface area contributed by atoms with Crippen LogP contribution in [0.3, 0.4) is 0 Å². The molecule has 1 fully saturated rings. The zero-order valence-electron chi connectivity index (χ0n) is 11.6. The van der Waals surface area contributed by atoms with Gasteiger partial charge in [-0.3, -0.25) is 0 Å². The fraction of sp³-hybridized carbons (Fsp3) is 0.312. The van der Waals surface area contributed by atoms with Crippen molar-refractivity contribution in [2.45, 2.75) is 13.0 Å². The van der Waals surface area contributed by atoms with Crippen LogP contribution in [0.4, 0.5) is 14.6 Å². The molecule has 0 saturated carbocycles. The molecule has 0 spiro atoms. The van der Waals surface area contributed by atoms with Crippen molar-refractivity contribution in [2.24, 2.45) is 0 Å². The first-order valence-electron chi connectivity index (χ1n) is 6.87. The van der Waals surface area contributed by atoms with Gasteiger partial charge in [-0.05, 0) is 13.0 Å². The van der Waals surface area contributed by atoms with Crippen LogP contribution in [-0.4, -0.2) is 30.8 Å². The molecule has 0 N–H and O–H groups in total. The minimum atomic E-state index is -0.508. The van der Waals surface area contributed by atoms with E-state index >= 15 is 0 Å². The molecule has 1 aliphatic heterocycles. The summed E-state index contributed by atoms with van der Waals surface area (Å²) in [6, 6.07) is 8.48. The lowest BCUT2D eigenvalue weighted by molar-refractivity contribution is 0.0424. The van der Waals surface area contributed by atoms with Gasteiger partial charge in [0.25, 0.3) is 0 Å².